The van der Waals surface area contributed by atoms with Gasteiger partial charge in [-0.1, -0.05) is 26.8 Å². The van der Waals surface area contributed by atoms with Gasteiger partial charge in [0.1, 0.15) is 29.3 Å². The van der Waals surface area contributed by atoms with Crippen molar-refractivity contribution in [3.05, 3.63) is 30.0 Å². The summed E-state index contributed by atoms with van der Waals surface area (Å²) in [4.78, 5) is 33.0. The number of fused-ring (bicyclic) bond motifs is 1. The van der Waals surface area contributed by atoms with E-state index in [-0.39, 0.29) is 30.4 Å². The topological polar surface area (TPSA) is 90.0 Å². The molecule has 1 aliphatic heterocycles. The quantitative estimate of drug-likeness (QED) is 0.462. The fourth-order valence-corrected chi connectivity index (χ4v) is 4.31. The molecule has 8 heteroatoms. The average molecular weight is 500 g/mol. The van der Waals surface area contributed by atoms with Crippen LogP contribution in [0.4, 0.5) is 0 Å². The first kappa shape index (κ1) is 27.9. The van der Waals surface area contributed by atoms with E-state index >= 15 is 0 Å². The summed E-state index contributed by atoms with van der Waals surface area (Å²) in [6.45, 7) is 12.3. The van der Waals surface area contributed by atoms with E-state index in [2.05, 4.69) is 5.32 Å². The SMILES string of the molecule is COCCCOc1cc(C(=O)N(C(C)C)[C@@H]2CCCNC2)nc2c(OCC(=O)C(C)(C)C)cccc12. The highest BCUT2D eigenvalue weighted by molar-refractivity contribution is 5.99. The smallest absolute Gasteiger partial charge is 0.273 e. The lowest BCUT2D eigenvalue weighted by atomic mass is 9.91. The van der Waals surface area contributed by atoms with Crippen LogP contribution in [0.1, 0.15) is 64.4 Å². The summed E-state index contributed by atoms with van der Waals surface area (Å²) >= 11 is 0. The average Bonchev–Trinajstić information content (AvgIpc) is 2.84. The molecule has 0 aliphatic carbocycles. The molecule has 1 aliphatic rings. The summed E-state index contributed by atoms with van der Waals surface area (Å²) in [7, 11) is 1.65. The number of aromatic nitrogens is 1. The third-order valence-corrected chi connectivity index (χ3v) is 6.38. The molecule has 1 aromatic heterocycles. The molecule has 198 valence electrons. The number of hydrogen-bond donors (Lipinski definition) is 1. The van der Waals surface area contributed by atoms with Crippen LogP contribution in [0.5, 0.6) is 11.5 Å². The van der Waals surface area contributed by atoms with E-state index < -0.39 is 5.41 Å². The third-order valence-electron chi connectivity index (χ3n) is 6.38. The minimum Gasteiger partial charge on any atom is -0.493 e. The lowest BCUT2D eigenvalue weighted by Crippen LogP contribution is -2.51. The van der Waals surface area contributed by atoms with Crippen molar-refractivity contribution in [3.63, 3.8) is 0 Å². The summed E-state index contributed by atoms with van der Waals surface area (Å²) in [5.74, 6) is 0.871. The maximum atomic E-state index is 13.8. The summed E-state index contributed by atoms with van der Waals surface area (Å²) in [6, 6.07) is 7.37. The van der Waals surface area contributed by atoms with Gasteiger partial charge in [-0.15, -0.1) is 0 Å². The van der Waals surface area contributed by atoms with Crippen molar-refractivity contribution in [2.24, 2.45) is 5.41 Å². The molecule has 8 nitrogen and oxygen atoms in total. The number of para-hydroxylation sites is 1. The number of ether oxygens (including phenoxy) is 3. The molecule has 1 atom stereocenters. The summed E-state index contributed by atoms with van der Waals surface area (Å²) in [6.07, 6.45) is 2.69. The zero-order chi connectivity index (χ0) is 26.3. The van der Waals surface area contributed by atoms with Crippen LogP contribution < -0.4 is 14.8 Å². The number of ketones is 1. The predicted molar refractivity (Wildman–Crippen MR) is 141 cm³/mol. The number of nitrogens with one attached hydrogen (secondary N) is 1. The molecule has 2 aromatic rings. The number of amides is 1. The maximum absolute atomic E-state index is 13.8. The molecule has 36 heavy (non-hydrogen) atoms. The fraction of sp³-hybridized carbons (Fsp3) is 0.607. The van der Waals surface area contributed by atoms with Gasteiger partial charge in [-0.3, -0.25) is 9.59 Å². The Morgan fingerprint density at radius 2 is 1.94 bits per heavy atom. The standard InChI is InChI=1S/C28H41N3O5/c1-19(2)31(20-10-8-13-29-17-20)27(33)22-16-24(35-15-9-14-34-6)21-11-7-12-23(26(21)30-22)36-18-25(32)28(3,4)5/h7,11-12,16,19-20,29H,8-10,13-15,17-18H2,1-6H3/t20-/m1/s1. The number of piperidine rings is 1. The molecular weight excluding hydrogens is 458 g/mol. The number of hydrogen-bond acceptors (Lipinski definition) is 7. The fourth-order valence-electron chi connectivity index (χ4n) is 4.31. The van der Waals surface area contributed by atoms with Crippen molar-refractivity contribution in [2.45, 2.75) is 66.0 Å². The van der Waals surface area contributed by atoms with E-state index in [1.54, 1.807) is 19.2 Å². The molecule has 3 rings (SSSR count). The van der Waals surface area contributed by atoms with Crippen LogP contribution in [0.25, 0.3) is 10.9 Å². The van der Waals surface area contributed by atoms with E-state index in [0.29, 0.717) is 42.3 Å². The summed E-state index contributed by atoms with van der Waals surface area (Å²) < 4.78 is 17.2. The van der Waals surface area contributed by atoms with E-state index in [4.69, 9.17) is 19.2 Å². The number of benzene rings is 1. The van der Waals surface area contributed by atoms with Crippen LogP contribution >= 0.6 is 0 Å². The Bertz CT molecular complexity index is 1040. The molecule has 0 unspecified atom stereocenters. The van der Waals surface area contributed by atoms with E-state index in [1.807, 2.05) is 51.7 Å². The van der Waals surface area contributed by atoms with Crippen molar-refractivity contribution in [2.75, 3.05) is 40.0 Å². The zero-order valence-electron chi connectivity index (χ0n) is 22.6. The van der Waals surface area contributed by atoms with Gasteiger partial charge in [0.25, 0.3) is 5.91 Å². The molecule has 1 amide bonds. The van der Waals surface area contributed by atoms with Crippen molar-refractivity contribution < 1.29 is 23.8 Å². The molecular formula is C28H41N3O5. The van der Waals surface area contributed by atoms with Gasteiger partial charge in [-0.25, -0.2) is 4.98 Å². The number of Topliss-reactive ketones (excluding diaryl/α,β-unsaturated/α-hetero) is 1. The van der Waals surface area contributed by atoms with Gasteiger partial charge in [0.2, 0.25) is 0 Å². The molecule has 1 saturated heterocycles. The highest BCUT2D eigenvalue weighted by Gasteiger charge is 2.30. The first-order chi connectivity index (χ1) is 17.1. The third kappa shape index (κ3) is 6.95. The molecule has 1 aromatic carbocycles. The van der Waals surface area contributed by atoms with Gasteiger partial charge in [-0.2, -0.15) is 0 Å². The lowest BCUT2D eigenvalue weighted by molar-refractivity contribution is -0.128. The first-order valence-corrected chi connectivity index (χ1v) is 12.9. The number of nitrogens with zero attached hydrogens (tertiary/aromatic N) is 2. The highest BCUT2D eigenvalue weighted by Crippen LogP contribution is 2.33. The second kappa shape index (κ2) is 12.5. The second-order valence-electron chi connectivity index (χ2n) is 10.6. The Hall–Kier alpha value is -2.71. The molecule has 0 radical (unpaired) electrons. The molecule has 2 heterocycles. The maximum Gasteiger partial charge on any atom is 0.273 e. The van der Waals surface area contributed by atoms with Crippen LogP contribution in [0.2, 0.25) is 0 Å². The lowest BCUT2D eigenvalue weighted by Gasteiger charge is -2.37. The van der Waals surface area contributed by atoms with Gasteiger partial charge >= 0.3 is 0 Å². The number of methoxy groups -OCH3 is 1. The predicted octanol–water partition coefficient (Wildman–Crippen LogP) is 4.25. The molecule has 1 fully saturated rings. The molecule has 0 spiro atoms. The first-order valence-electron chi connectivity index (χ1n) is 12.9. The Morgan fingerprint density at radius 1 is 1.17 bits per heavy atom. The van der Waals surface area contributed by atoms with Crippen LogP contribution in [-0.2, 0) is 9.53 Å². The van der Waals surface area contributed by atoms with Crippen molar-refractivity contribution in [1.29, 1.82) is 0 Å². The summed E-state index contributed by atoms with van der Waals surface area (Å²) in [5, 5.41) is 4.14. The van der Waals surface area contributed by atoms with Gasteiger partial charge in [0.15, 0.2) is 5.78 Å². The Morgan fingerprint density at radius 3 is 2.58 bits per heavy atom. The van der Waals surface area contributed by atoms with E-state index in [0.717, 1.165) is 31.3 Å². The monoisotopic (exact) mass is 499 g/mol. The number of pyridine rings is 1. The van der Waals surface area contributed by atoms with Crippen molar-refractivity contribution >= 4 is 22.6 Å². The molecule has 0 bridgehead atoms. The van der Waals surface area contributed by atoms with Gasteiger partial charge in [0.05, 0.1) is 6.61 Å². The second-order valence-corrected chi connectivity index (χ2v) is 10.6. The minimum atomic E-state index is -0.513. The molecule has 0 saturated carbocycles. The van der Waals surface area contributed by atoms with Crippen LogP contribution in [0.15, 0.2) is 24.3 Å². The molecule has 1 N–H and O–H groups in total. The Labute approximate surface area is 214 Å². The number of carbonyl (C=O) groups excluding carboxylic acids is 2. The highest BCUT2D eigenvalue weighted by atomic mass is 16.5. The largest absolute Gasteiger partial charge is 0.493 e. The Balaban J connectivity index is 2.01. The van der Waals surface area contributed by atoms with Gasteiger partial charge < -0.3 is 24.4 Å². The number of carbonyl (C=O) groups is 2. The van der Waals surface area contributed by atoms with Crippen LogP contribution in [0.3, 0.4) is 0 Å². The van der Waals surface area contributed by atoms with Crippen LogP contribution in [0, 0.1) is 5.41 Å². The normalized spacial score (nSPS) is 16.2. The zero-order valence-corrected chi connectivity index (χ0v) is 22.6. The van der Waals surface area contributed by atoms with E-state index in [9.17, 15) is 9.59 Å². The van der Waals surface area contributed by atoms with Crippen molar-refractivity contribution in [3.8, 4) is 11.5 Å². The van der Waals surface area contributed by atoms with E-state index in [1.165, 1.54) is 0 Å². The minimum absolute atomic E-state index is 0.0152. The number of rotatable bonds is 11. The van der Waals surface area contributed by atoms with Gasteiger partial charge in [0, 0.05) is 55.6 Å². The summed E-state index contributed by atoms with van der Waals surface area (Å²) in [5.41, 5.74) is 0.305. The van der Waals surface area contributed by atoms with Crippen molar-refractivity contribution in [1.82, 2.24) is 15.2 Å². The Kier molecular flexibility index (Phi) is 9.68. The van der Waals surface area contributed by atoms with Gasteiger partial charge in [-0.05, 0) is 45.4 Å². The van der Waals surface area contributed by atoms with Crippen LogP contribution in [-0.4, -0.2) is 73.7 Å².